The summed E-state index contributed by atoms with van der Waals surface area (Å²) in [4.78, 5) is 26.1. The van der Waals surface area contributed by atoms with Crippen LogP contribution in [0.5, 0.6) is 0 Å². The van der Waals surface area contributed by atoms with Crippen LogP contribution in [0.3, 0.4) is 0 Å². The molecule has 2 amide bonds. The standard InChI is InChI=1S/C14H26N2O2/c1-6-13(3,4)10-16-9-8-11(17)15-14(5,7-2)12(16)18/h6-10H2,1-5H3,(H,15,17). The van der Waals surface area contributed by atoms with Gasteiger partial charge >= 0.3 is 0 Å². The van der Waals surface area contributed by atoms with E-state index in [2.05, 4.69) is 26.1 Å². The van der Waals surface area contributed by atoms with Crippen LogP contribution in [0.4, 0.5) is 0 Å². The highest BCUT2D eigenvalue weighted by molar-refractivity contribution is 5.93. The average Bonchev–Trinajstić information content (AvgIpc) is 2.41. The van der Waals surface area contributed by atoms with Gasteiger partial charge < -0.3 is 10.2 Å². The Morgan fingerprint density at radius 3 is 2.44 bits per heavy atom. The molecule has 1 saturated heterocycles. The normalized spacial score (nSPS) is 25.9. The van der Waals surface area contributed by atoms with E-state index in [-0.39, 0.29) is 17.2 Å². The van der Waals surface area contributed by atoms with Crippen molar-refractivity contribution in [2.24, 2.45) is 5.41 Å². The van der Waals surface area contributed by atoms with E-state index in [9.17, 15) is 9.59 Å². The summed E-state index contributed by atoms with van der Waals surface area (Å²) in [6.45, 7) is 11.5. The molecule has 1 aliphatic heterocycles. The van der Waals surface area contributed by atoms with Gasteiger partial charge in [0.05, 0.1) is 0 Å². The van der Waals surface area contributed by atoms with Crippen LogP contribution in [-0.4, -0.2) is 35.3 Å². The summed E-state index contributed by atoms with van der Waals surface area (Å²) in [7, 11) is 0. The second-order valence-corrected chi connectivity index (χ2v) is 6.23. The van der Waals surface area contributed by atoms with Gasteiger partial charge in [0.2, 0.25) is 11.8 Å². The van der Waals surface area contributed by atoms with Crippen LogP contribution in [0.25, 0.3) is 0 Å². The molecule has 4 nitrogen and oxygen atoms in total. The van der Waals surface area contributed by atoms with Gasteiger partial charge in [-0.2, -0.15) is 0 Å². The molecule has 0 aromatic heterocycles. The monoisotopic (exact) mass is 254 g/mol. The number of carbonyl (C=O) groups is 2. The Labute approximate surface area is 110 Å². The summed E-state index contributed by atoms with van der Waals surface area (Å²) in [6.07, 6.45) is 2.04. The highest BCUT2D eigenvalue weighted by atomic mass is 16.2. The molecule has 0 aromatic rings. The maximum atomic E-state index is 12.5. The van der Waals surface area contributed by atoms with Gasteiger partial charge in [0.1, 0.15) is 5.54 Å². The molecule has 1 aliphatic rings. The van der Waals surface area contributed by atoms with Crippen LogP contribution in [0, 0.1) is 5.41 Å². The lowest BCUT2D eigenvalue weighted by molar-refractivity contribution is -0.139. The van der Waals surface area contributed by atoms with Crippen LogP contribution in [0.15, 0.2) is 0 Å². The fraction of sp³-hybridized carbons (Fsp3) is 0.857. The van der Waals surface area contributed by atoms with Crippen LogP contribution >= 0.6 is 0 Å². The third-order valence-electron chi connectivity index (χ3n) is 4.07. The van der Waals surface area contributed by atoms with E-state index in [1.165, 1.54) is 0 Å². The molecule has 0 aromatic carbocycles. The van der Waals surface area contributed by atoms with E-state index in [1.54, 1.807) is 0 Å². The third-order valence-corrected chi connectivity index (χ3v) is 4.07. The number of hydrogen-bond acceptors (Lipinski definition) is 2. The molecule has 1 atom stereocenters. The van der Waals surface area contributed by atoms with Gasteiger partial charge in [-0.05, 0) is 25.2 Å². The number of nitrogens with one attached hydrogen (secondary N) is 1. The van der Waals surface area contributed by atoms with Crippen molar-refractivity contribution in [1.82, 2.24) is 10.2 Å². The summed E-state index contributed by atoms with van der Waals surface area (Å²) in [6, 6.07) is 0. The summed E-state index contributed by atoms with van der Waals surface area (Å²) < 4.78 is 0. The maximum Gasteiger partial charge on any atom is 0.248 e. The predicted molar refractivity (Wildman–Crippen MR) is 72.1 cm³/mol. The van der Waals surface area contributed by atoms with E-state index in [0.29, 0.717) is 25.9 Å². The summed E-state index contributed by atoms with van der Waals surface area (Å²) in [5.74, 6) is 0.0295. The van der Waals surface area contributed by atoms with Gasteiger partial charge in [0.25, 0.3) is 0 Å². The lowest BCUT2D eigenvalue weighted by atomic mass is 9.88. The number of carbonyl (C=O) groups excluding carboxylic acids is 2. The first kappa shape index (κ1) is 15.0. The Bertz CT molecular complexity index is 339. The second kappa shape index (κ2) is 5.29. The van der Waals surface area contributed by atoms with E-state index in [1.807, 2.05) is 18.7 Å². The van der Waals surface area contributed by atoms with Crippen LogP contribution in [-0.2, 0) is 9.59 Å². The highest BCUT2D eigenvalue weighted by Gasteiger charge is 2.40. The minimum absolute atomic E-state index is 0.0236. The smallest absolute Gasteiger partial charge is 0.248 e. The number of hydrogen-bond donors (Lipinski definition) is 1. The zero-order chi connectivity index (χ0) is 14.0. The summed E-state index contributed by atoms with van der Waals surface area (Å²) in [5, 5.41) is 2.86. The lowest BCUT2D eigenvalue weighted by Crippen LogP contribution is -2.55. The first-order chi connectivity index (χ1) is 8.24. The molecule has 1 N–H and O–H groups in total. The van der Waals surface area contributed by atoms with Gasteiger partial charge in [-0.25, -0.2) is 0 Å². The molecule has 1 unspecified atom stereocenters. The molecule has 0 spiro atoms. The molecule has 18 heavy (non-hydrogen) atoms. The van der Waals surface area contributed by atoms with Crippen molar-refractivity contribution in [3.05, 3.63) is 0 Å². The summed E-state index contributed by atoms with van der Waals surface area (Å²) >= 11 is 0. The van der Waals surface area contributed by atoms with E-state index in [0.717, 1.165) is 6.42 Å². The summed E-state index contributed by atoms with van der Waals surface area (Å²) in [5.41, 5.74) is -0.644. The molecule has 0 bridgehead atoms. The van der Waals surface area contributed by atoms with Crippen LogP contribution in [0.1, 0.15) is 53.9 Å². The SMILES string of the molecule is CCC(C)(C)CN1CCC(=O)NC(C)(CC)C1=O. The minimum Gasteiger partial charge on any atom is -0.342 e. The largest absolute Gasteiger partial charge is 0.342 e. The average molecular weight is 254 g/mol. The van der Waals surface area contributed by atoms with Crippen LogP contribution < -0.4 is 5.32 Å². The fourth-order valence-electron chi connectivity index (χ4n) is 2.13. The number of nitrogens with zero attached hydrogens (tertiary/aromatic N) is 1. The van der Waals surface area contributed by atoms with Gasteiger partial charge in [-0.1, -0.05) is 27.7 Å². The first-order valence-electron chi connectivity index (χ1n) is 6.84. The van der Waals surface area contributed by atoms with E-state index >= 15 is 0 Å². The van der Waals surface area contributed by atoms with Crippen molar-refractivity contribution in [1.29, 1.82) is 0 Å². The fourth-order valence-corrected chi connectivity index (χ4v) is 2.13. The van der Waals surface area contributed by atoms with E-state index in [4.69, 9.17) is 0 Å². The maximum absolute atomic E-state index is 12.5. The van der Waals surface area contributed by atoms with Gasteiger partial charge in [-0.3, -0.25) is 9.59 Å². The minimum atomic E-state index is -0.739. The molecule has 1 rings (SSSR count). The van der Waals surface area contributed by atoms with Gasteiger partial charge in [0.15, 0.2) is 0 Å². The zero-order valence-corrected chi connectivity index (χ0v) is 12.3. The number of amides is 2. The molecule has 1 fully saturated rings. The Balaban J connectivity index is 2.91. The van der Waals surface area contributed by atoms with Crippen molar-refractivity contribution in [2.75, 3.05) is 13.1 Å². The van der Waals surface area contributed by atoms with Crippen molar-refractivity contribution >= 4 is 11.8 Å². The molecule has 104 valence electrons. The quantitative estimate of drug-likeness (QED) is 0.833. The molecule has 0 saturated carbocycles. The van der Waals surface area contributed by atoms with Crippen molar-refractivity contribution in [3.63, 3.8) is 0 Å². The van der Waals surface area contributed by atoms with Crippen LogP contribution in [0.2, 0.25) is 0 Å². The molecular formula is C14H26N2O2. The Morgan fingerprint density at radius 2 is 1.94 bits per heavy atom. The van der Waals surface area contributed by atoms with Crippen molar-refractivity contribution in [2.45, 2.75) is 59.4 Å². The molecule has 0 radical (unpaired) electrons. The lowest BCUT2D eigenvalue weighted by Gasteiger charge is -2.35. The van der Waals surface area contributed by atoms with Crippen molar-refractivity contribution < 1.29 is 9.59 Å². The Morgan fingerprint density at radius 1 is 1.33 bits per heavy atom. The zero-order valence-electron chi connectivity index (χ0n) is 12.3. The number of rotatable bonds is 4. The molecule has 0 aliphatic carbocycles. The predicted octanol–water partition coefficient (Wildman–Crippen LogP) is 1.94. The van der Waals surface area contributed by atoms with E-state index < -0.39 is 5.54 Å². The first-order valence-corrected chi connectivity index (χ1v) is 6.84. The van der Waals surface area contributed by atoms with Crippen molar-refractivity contribution in [3.8, 4) is 0 Å². The topological polar surface area (TPSA) is 49.4 Å². The highest BCUT2D eigenvalue weighted by Crippen LogP contribution is 2.25. The third kappa shape index (κ3) is 3.24. The molecule has 4 heteroatoms. The Kier molecular flexibility index (Phi) is 4.41. The second-order valence-electron chi connectivity index (χ2n) is 6.23. The Hall–Kier alpha value is -1.06. The molecule has 1 heterocycles. The molecular weight excluding hydrogens is 228 g/mol. The van der Waals surface area contributed by atoms with Gasteiger partial charge in [0, 0.05) is 19.5 Å². The van der Waals surface area contributed by atoms with Gasteiger partial charge in [-0.15, -0.1) is 0 Å².